The summed E-state index contributed by atoms with van der Waals surface area (Å²) < 4.78 is 6.65. The van der Waals surface area contributed by atoms with Gasteiger partial charge in [-0.25, -0.2) is 0 Å². The second kappa shape index (κ2) is 6.49. The summed E-state index contributed by atoms with van der Waals surface area (Å²) in [5.41, 5.74) is 3.35. The maximum Gasteiger partial charge on any atom is 0.0855 e. The van der Waals surface area contributed by atoms with Crippen molar-refractivity contribution >= 4 is 27.5 Å². The SMILES string of the molecule is OC(CC1OCCc2ccccc21)c1ccc(Cl)c(Br)c1. The molecule has 0 spiro atoms. The van der Waals surface area contributed by atoms with E-state index >= 15 is 0 Å². The van der Waals surface area contributed by atoms with Gasteiger partial charge in [0.2, 0.25) is 0 Å². The zero-order valence-corrected chi connectivity index (χ0v) is 13.8. The Labute approximate surface area is 137 Å². The molecule has 2 unspecified atom stereocenters. The number of halogens is 2. The molecular formula is C17H16BrClO2. The van der Waals surface area contributed by atoms with Gasteiger partial charge in [0, 0.05) is 10.9 Å². The molecular weight excluding hydrogens is 352 g/mol. The van der Waals surface area contributed by atoms with Crippen molar-refractivity contribution in [3.63, 3.8) is 0 Å². The lowest BCUT2D eigenvalue weighted by molar-refractivity contribution is 0.00376. The number of hydrogen-bond donors (Lipinski definition) is 1. The van der Waals surface area contributed by atoms with Gasteiger partial charge in [-0.3, -0.25) is 0 Å². The van der Waals surface area contributed by atoms with Crippen molar-refractivity contribution in [2.75, 3.05) is 6.61 Å². The zero-order chi connectivity index (χ0) is 14.8. The fraction of sp³-hybridized carbons (Fsp3) is 0.294. The van der Waals surface area contributed by atoms with Crippen molar-refractivity contribution in [3.05, 3.63) is 68.7 Å². The largest absolute Gasteiger partial charge is 0.388 e. The molecule has 0 fully saturated rings. The molecule has 0 aromatic heterocycles. The van der Waals surface area contributed by atoms with Crippen LogP contribution in [0.1, 0.15) is 35.3 Å². The topological polar surface area (TPSA) is 29.5 Å². The predicted molar refractivity (Wildman–Crippen MR) is 87.6 cm³/mol. The first-order valence-electron chi connectivity index (χ1n) is 6.97. The van der Waals surface area contributed by atoms with Gasteiger partial charge in [-0.15, -0.1) is 0 Å². The van der Waals surface area contributed by atoms with Crippen molar-refractivity contribution in [2.24, 2.45) is 0 Å². The number of benzene rings is 2. The van der Waals surface area contributed by atoms with Gasteiger partial charge in [-0.2, -0.15) is 0 Å². The van der Waals surface area contributed by atoms with Crippen molar-refractivity contribution < 1.29 is 9.84 Å². The van der Waals surface area contributed by atoms with Gasteiger partial charge in [0.25, 0.3) is 0 Å². The van der Waals surface area contributed by atoms with E-state index < -0.39 is 6.10 Å². The van der Waals surface area contributed by atoms with Crippen LogP contribution in [0.2, 0.25) is 5.02 Å². The molecule has 2 nitrogen and oxygen atoms in total. The van der Waals surface area contributed by atoms with E-state index in [0.29, 0.717) is 18.1 Å². The van der Waals surface area contributed by atoms with Crippen LogP contribution in [0.15, 0.2) is 46.9 Å². The number of rotatable bonds is 3. The highest BCUT2D eigenvalue weighted by Crippen LogP contribution is 2.35. The van der Waals surface area contributed by atoms with Crippen LogP contribution in [-0.2, 0) is 11.2 Å². The molecule has 0 bridgehead atoms. The number of ether oxygens (including phenoxy) is 1. The molecule has 1 aliphatic heterocycles. The first-order valence-corrected chi connectivity index (χ1v) is 8.14. The summed E-state index contributed by atoms with van der Waals surface area (Å²) in [5, 5.41) is 11.1. The van der Waals surface area contributed by atoms with Gasteiger partial charge < -0.3 is 9.84 Å². The second-order valence-corrected chi connectivity index (χ2v) is 6.49. The number of aliphatic hydroxyl groups excluding tert-OH is 1. The van der Waals surface area contributed by atoms with Gasteiger partial charge in [-0.05, 0) is 51.2 Å². The molecule has 0 saturated carbocycles. The highest BCUT2D eigenvalue weighted by Gasteiger charge is 2.24. The van der Waals surface area contributed by atoms with E-state index in [0.717, 1.165) is 16.5 Å². The number of hydrogen-bond acceptors (Lipinski definition) is 2. The molecule has 1 heterocycles. The molecule has 2 atom stereocenters. The van der Waals surface area contributed by atoms with E-state index in [2.05, 4.69) is 28.1 Å². The lowest BCUT2D eigenvalue weighted by Crippen LogP contribution is -2.18. The minimum Gasteiger partial charge on any atom is -0.388 e. The minimum atomic E-state index is -0.574. The molecule has 2 aromatic rings. The molecule has 3 rings (SSSR count). The molecule has 4 heteroatoms. The van der Waals surface area contributed by atoms with Crippen LogP contribution in [0.5, 0.6) is 0 Å². The van der Waals surface area contributed by atoms with Gasteiger partial charge in [-0.1, -0.05) is 41.9 Å². The summed E-state index contributed by atoms with van der Waals surface area (Å²) in [6.07, 6.45) is 0.856. The van der Waals surface area contributed by atoms with E-state index in [1.165, 1.54) is 11.1 Å². The third-order valence-electron chi connectivity index (χ3n) is 3.86. The summed E-state index contributed by atoms with van der Waals surface area (Å²) >= 11 is 9.38. The van der Waals surface area contributed by atoms with Crippen LogP contribution in [0.25, 0.3) is 0 Å². The maximum atomic E-state index is 10.5. The monoisotopic (exact) mass is 366 g/mol. The molecule has 2 aromatic carbocycles. The minimum absolute atomic E-state index is 0.0561. The Kier molecular flexibility index (Phi) is 4.65. The number of fused-ring (bicyclic) bond motifs is 1. The van der Waals surface area contributed by atoms with Crippen molar-refractivity contribution in [3.8, 4) is 0 Å². The normalized spacial score (nSPS) is 19.1. The molecule has 21 heavy (non-hydrogen) atoms. The van der Waals surface area contributed by atoms with Gasteiger partial charge in [0.1, 0.15) is 0 Å². The van der Waals surface area contributed by atoms with Crippen LogP contribution in [0, 0.1) is 0 Å². The van der Waals surface area contributed by atoms with Gasteiger partial charge >= 0.3 is 0 Å². The summed E-state index contributed by atoms with van der Waals surface area (Å²) in [6, 6.07) is 13.8. The molecule has 1 N–H and O–H groups in total. The smallest absolute Gasteiger partial charge is 0.0855 e. The second-order valence-electron chi connectivity index (χ2n) is 5.23. The lowest BCUT2D eigenvalue weighted by atomic mass is 9.92. The number of aliphatic hydroxyl groups is 1. The average molecular weight is 368 g/mol. The van der Waals surface area contributed by atoms with Crippen LogP contribution in [0.3, 0.4) is 0 Å². The summed E-state index contributed by atoms with van der Waals surface area (Å²) in [7, 11) is 0. The molecule has 0 radical (unpaired) electrons. The Balaban J connectivity index is 1.79. The molecule has 0 saturated heterocycles. The van der Waals surface area contributed by atoms with E-state index in [-0.39, 0.29) is 6.10 Å². The van der Waals surface area contributed by atoms with E-state index in [1.807, 2.05) is 24.3 Å². The van der Waals surface area contributed by atoms with Crippen LogP contribution >= 0.6 is 27.5 Å². The van der Waals surface area contributed by atoms with Crippen molar-refractivity contribution in [1.82, 2.24) is 0 Å². The van der Waals surface area contributed by atoms with E-state index in [9.17, 15) is 5.11 Å². The quantitative estimate of drug-likeness (QED) is 0.841. The Morgan fingerprint density at radius 1 is 1.29 bits per heavy atom. The highest BCUT2D eigenvalue weighted by atomic mass is 79.9. The van der Waals surface area contributed by atoms with Crippen molar-refractivity contribution in [1.29, 1.82) is 0 Å². The van der Waals surface area contributed by atoms with Gasteiger partial charge in [0.05, 0.1) is 23.8 Å². The Morgan fingerprint density at radius 3 is 2.90 bits per heavy atom. The molecule has 0 aliphatic carbocycles. The van der Waals surface area contributed by atoms with Crippen LogP contribution < -0.4 is 0 Å². The Morgan fingerprint density at radius 2 is 2.10 bits per heavy atom. The molecule has 110 valence electrons. The van der Waals surface area contributed by atoms with Gasteiger partial charge in [0.15, 0.2) is 0 Å². The fourth-order valence-electron chi connectivity index (χ4n) is 2.73. The van der Waals surface area contributed by atoms with E-state index in [1.54, 1.807) is 6.07 Å². The van der Waals surface area contributed by atoms with Crippen LogP contribution in [0.4, 0.5) is 0 Å². The standard InChI is InChI=1S/C17H16BrClO2/c18-14-9-12(5-6-15(14)19)16(20)10-17-13-4-2-1-3-11(13)7-8-21-17/h1-6,9,16-17,20H,7-8,10H2. The van der Waals surface area contributed by atoms with E-state index in [4.69, 9.17) is 16.3 Å². The molecule has 1 aliphatic rings. The third-order valence-corrected chi connectivity index (χ3v) is 5.07. The Hall–Kier alpha value is -0.870. The lowest BCUT2D eigenvalue weighted by Gasteiger charge is -2.28. The molecule has 0 amide bonds. The summed E-state index contributed by atoms with van der Waals surface area (Å²) in [4.78, 5) is 0. The summed E-state index contributed by atoms with van der Waals surface area (Å²) in [6.45, 7) is 0.707. The predicted octanol–water partition coefficient (Wildman–Crippen LogP) is 4.84. The zero-order valence-electron chi connectivity index (χ0n) is 11.4. The summed E-state index contributed by atoms with van der Waals surface area (Å²) in [5.74, 6) is 0. The fourth-order valence-corrected chi connectivity index (χ4v) is 3.24. The average Bonchev–Trinajstić information content (AvgIpc) is 2.50. The maximum absolute atomic E-state index is 10.5. The van der Waals surface area contributed by atoms with Crippen molar-refractivity contribution in [2.45, 2.75) is 25.0 Å². The Bertz CT molecular complexity index is 644. The van der Waals surface area contributed by atoms with Crippen LogP contribution in [-0.4, -0.2) is 11.7 Å². The third kappa shape index (κ3) is 3.32. The first kappa shape index (κ1) is 15.0. The first-order chi connectivity index (χ1) is 10.1. The highest BCUT2D eigenvalue weighted by molar-refractivity contribution is 9.10.